The molecule has 1 aliphatic heterocycles. The average molecular weight is 353 g/mol. The molecule has 2 rings (SSSR count). The molecular formula is C13H14Cl2O7. The fourth-order valence-corrected chi connectivity index (χ4v) is 2.46. The van der Waals surface area contributed by atoms with Crippen LogP contribution in [0.4, 0.5) is 0 Å². The summed E-state index contributed by atoms with van der Waals surface area (Å²) in [6.45, 7) is -0.286. The maximum atomic E-state index is 12.2. The lowest BCUT2D eigenvalue weighted by atomic mass is 10.1. The van der Waals surface area contributed by atoms with E-state index < -0.39 is 30.6 Å². The lowest BCUT2D eigenvalue weighted by Crippen LogP contribution is -2.54. The van der Waals surface area contributed by atoms with Gasteiger partial charge in [0.25, 0.3) is 0 Å². The van der Waals surface area contributed by atoms with Crippen molar-refractivity contribution < 1.29 is 34.3 Å². The van der Waals surface area contributed by atoms with Crippen LogP contribution in [0.2, 0.25) is 10.0 Å². The first-order valence-corrected chi connectivity index (χ1v) is 7.01. The van der Waals surface area contributed by atoms with E-state index >= 15 is 0 Å². The number of hydrogen-bond donors (Lipinski definition) is 3. The predicted octanol–water partition coefficient (Wildman–Crippen LogP) is 0.598. The zero-order chi connectivity index (χ0) is 16.4. The first kappa shape index (κ1) is 17.3. The van der Waals surface area contributed by atoms with Gasteiger partial charge in [-0.25, -0.2) is 4.79 Å². The molecule has 0 aromatic heterocycles. The number of methoxy groups -OCH3 is 1. The molecule has 0 aliphatic carbocycles. The van der Waals surface area contributed by atoms with E-state index in [0.717, 1.165) is 0 Å². The van der Waals surface area contributed by atoms with E-state index in [0.29, 0.717) is 0 Å². The highest BCUT2D eigenvalue weighted by Crippen LogP contribution is 2.34. The van der Waals surface area contributed by atoms with Crippen molar-refractivity contribution in [1.29, 1.82) is 0 Å². The van der Waals surface area contributed by atoms with Gasteiger partial charge < -0.3 is 29.5 Å². The van der Waals surface area contributed by atoms with E-state index in [4.69, 9.17) is 37.4 Å². The Morgan fingerprint density at radius 3 is 2.50 bits per heavy atom. The topological polar surface area (TPSA) is 105 Å². The average Bonchev–Trinajstić information content (AvgIpc) is 2.49. The van der Waals surface area contributed by atoms with E-state index in [1.54, 1.807) is 0 Å². The number of hydrogen-bond acceptors (Lipinski definition) is 7. The second kappa shape index (κ2) is 6.99. The van der Waals surface area contributed by atoms with Gasteiger partial charge in [-0.1, -0.05) is 23.2 Å². The third kappa shape index (κ3) is 3.29. The summed E-state index contributed by atoms with van der Waals surface area (Å²) >= 11 is 11.9. The van der Waals surface area contributed by atoms with Crippen LogP contribution in [-0.2, 0) is 9.47 Å². The Morgan fingerprint density at radius 2 is 1.86 bits per heavy atom. The van der Waals surface area contributed by atoms with Crippen LogP contribution in [0.5, 0.6) is 5.75 Å². The molecular weight excluding hydrogens is 339 g/mol. The Labute approximate surface area is 135 Å². The zero-order valence-corrected chi connectivity index (χ0v) is 12.9. The molecule has 1 unspecified atom stereocenters. The highest BCUT2D eigenvalue weighted by Gasteiger charge is 2.40. The van der Waals surface area contributed by atoms with Crippen molar-refractivity contribution in [2.45, 2.75) is 24.6 Å². The Kier molecular flexibility index (Phi) is 5.49. The molecule has 1 aromatic rings. The molecule has 0 amide bonds. The molecule has 1 aliphatic rings. The Bertz CT molecular complexity index is 566. The number of ether oxygens (including phenoxy) is 3. The number of carbonyl (C=O) groups excluding carboxylic acids is 1. The number of aliphatic hydroxyl groups excluding tert-OH is 3. The van der Waals surface area contributed by atoms with Crippen molar-refractivity contribution in [2.24, 2.45) is 0 Å². The Balaban J connectivity index is 2.21. The van der Waals surface area contributed by atoms with Gasteiger partial charge in [-0.05, 0) is 12.1 Å². The SMILES string of the molecule is COc1c(Cl)ccc(Cl)c1C(=O)O[C@H]1COC(O)[C@H](O)[C@H]1O. The third-order valence-corrected chi connectivity index (χ3v) is 3.79. The minimum atomic E-state index is -1.59. The molecule has 9 heteroatoms. The standard InChI is InChI=1S/C13H14Cl2O7/c1-20-11-6(15)3-2-5(14)8(11)12(18)22-7-4-21-13(19)10(17)9(7)16/h2-3,7,9-10,13,16-17,19H,4H2,1H3/t7-,9-,10+,13?/m0/s1. The first-order valence-electron chi connectivity index (χ1n) is 6.25. The lowest BCUT2D eigenvalue weighted by Gasteiger charge is -2.34. The minimum Gasteiger partial charge on any atom is -0.494 e. The van der Waals surface area contributed by atoms with E-state index in [-0.39, 0.29) is 28.0 Å². The summed E-state index contributed by atoms with van der Waals surface area (Å²) in [6, 6.07) is 2.85. The molecule has 7 nitrogen and oxygen atoms in total. The van der Waals surface area contributed by atoms with Gasteiger partial charge in [0, 0.05) is 0 Å². The molecule has 3 N–H and O–H groups in total. The number of esters is 1. The van der Waals surface area contributed by atoms with E-state index in [1.165, 1.54) is 19.2 Å². The van der Waals surface area contributed by atoms with Crippen molar-refractivity contribution >= 4 is 29.2 Å². The quantitative estimate of drug-likeness (QED) is 0.684. The van der Waals surface area contributed by atoms with Gasteiger partial charge in [0.1, 0.15) is 17.8 Å². The molecule has 0 bridgehead atoms. The Hall–Kier alpha value is -1.09. The maximum absolute atomic E-state index is 12.2. The molecule has 1 aromatic carbocycles. The number of carbonyl (C=O) groups is 1. The monoisotopic (exact) mass is 352 g/mol. The van der Waals surface area contributed by atoms with Gasteiger partial charge in [-0.3, -0.25) is 0 Å². The normalized spacial score (nSPS) is 28.3. The van der Waals surface area contributed by atoms with Crippen LogP contribution in [0.15, 0.2) is 12.1 Å². The first-order chi connectivity index (χ1) is 10.4. The van der Waals surface area contributed by atoms with Gasteiger partial charge >= 0.3 is 5.97 Å². The van der Waals surface area contributed by atoms with Crippen LogP contribution in [0.25, 0.3) is 0 Å². The summed E-state index contributed by atoms with van der Waals surface area (Å²) in [4.78, 5) is 12.2. The van der Waals surface area contributed by atoms with Gasteiger partial charge in [0.2, 0.25) is 0 Å². The largest absolute Gasteiger partial charge is 0.494 e. The number of halogens is 2. The molecule has 1 heterocycles. The fourth-order valence-electron chi connectivity index (χ4n) is 2.00. The molecule has 0 radical (unpaired) electrons. The molecule has 22 heavy (non-hydrogen) atoms. The van der Waals surface area contributed by atoms with Crippen LogP contribution < -0.4 is 4.74 Å². The van der Waals surface area contributed by atoms with Crippen LogP contribution in [0.1, 0.15) is 10.4 Å². The van der Waals surface area contributed by atoms with Gasteiger partial charge in [0.05, 0.1) is 23.8 Å². The van der Waals surface area contributed by atoms with E-state index in [1.807, 2.05) is 0 Å². The van der Waals surface area contributed by atoms with Crippen molar-refractivity contribution in [3.63, 3.8) is 0 Å². The molecule has 122 valence electrons. The summed E-state index contributed by atoms with van der Waals surface area (Å²) in [5.74, 6) is -0.869. The summed E-state index contributed by atoms with van der Waals surface area (Å²) in [5.41, 5.74) is -0.107. The summed E-state index contributed by atoms with van der Waals surface area (Å²) < 4.78 is 14.9. The van der Waals surface area contributed by atoms with Gasteiger partial charge in [-0.15, -0.1) is 0 Å². The van der Waals surface area contributed by atoms with Crippen LogP contribution >= 0.6 is 23.2 Å². The summed E-state index contributed by atoms with van der Waals surface area (Å²) in [6.07, 6.45) is -5.82. The number of aliphatic hydroxyl groups is 3. The molecule has 1 fully saturated rings. The van der Waals surface area contributed by atoms with Crippen LogP contribution in [-0.4, -0.2) is 59.6 Å². The van der Waals surface area contributed by atoms with Crippen LogP contribution in [0, 0.1) is 0 Å². The minimum absolute atomic E-state index is 0.0333. The summed E-state index contributed by atoms with van der Waals surface area (Å²) in [7, 11) is 1.31. The van der Waals surface area contributed by atoms with E-state index in [9.17, 15) is 20.1 Å². The highest BCUT2D eigenvalue weighted by molar-refractivity contribution is 6.37. The second-order valence-corrected chi connectivity index (χ2v) is 5.40. The van der Waals surface area contributed by atoms with Gasteiger partial charge in [0.15, 0.2) is 18.1 Å². The van der Waals surface area contributed by atoms with Crippen molar-refractivity contribution in [1.82, 2.24) is 0 Å². The second-order valence-electron chi connectivity index (χ2n) is 4.59. The predicted molar refractivity (Wildman–Crippen MR) is 76.2 cm³/mol. The van der Waals surface area contributed by atoms with E-state index in [2.05, 4.69) is 0 Å². The zero-order valence-electron chi connectivity index (χ0n) is 11.4. The van der Waals surface area contributed by atoms with Crippen molar-refractivity contribution in [3.05, 3.63) is 27.7 Å². The number of benzene rings is 1. The number of rotatable bonds is 3. The Morgan fingerprint density at radius 1 is 1.23 bits per heavy atom. The molecule has 4 atom stereocenters. The molecule has 0 saturated carbocycles. The van der Waals surface area contributed by atoms with Crippen LogP contribution in [0.3, 0.4) is 0 Å². The fraction of sp³-hybridized carbons (Fsp3) is 0.462. The van der Waals surface area contributed by atoms with Gasteiger partial charge in [-0.2, -0.15) is 0 Å². The maximum Gasteiger partial charge on any atom is 0.343 e. The molecule has 0 spiro atoms. The summed E-state index contributed by atoms with van der Waals surface area (Å²) in [5, 5.41) is 28.8. The van der Waals surface area contributed by atoms with Crippen molar-refractivity contribution in [3.8, 4) is 5.75 Å². The highest BCUT2D eigenvalue weighted by atomic mass is 35.5. The lowest BCUT2D eigenvalue weighted by molar-refractivity contribution is -0.251. The molecule has 1 saturated heterocycles. The smallest absolute Gasteiger partial charge is 0.343 e. The third-order valence-electron chi connectivity index (χ3n) is 3.18. The van der Waals surface area contributed by atoms with Crippen molar-refractivity contribution in [2.75, 3.05) is 13.7 Å².